The molecule has 0 aliphatic heterocycles. The minimum Gasteiger partial charge on any atom is -0.298 e. The van der Waals surface area contributed by atoms with Crippen LogP contribution in [0.2, 0.25) is 0 Å². The first-order valence-corrected chi connectivity index (χ1v) is 5.31. The molecule has 3 nitrogen and oxygen atoms in total. The summed E-state index contributed by atoms with van der Waals surface area (Å²) in [5.41, 5.74) is 0.700. The van der Waals surface area contributed by atoms with Gasteiger partial charge in [-0.2, -0.15) is 5.10 Å². The molecule has 76 valence electrons. The van der Waals surface area contributed by atoms with Crippen LogP contribution in [0.25, 0.3) is 0 Å². The number of carbonyl (C=O) groups is 1. The van der Waals surface area contributed by atoms with Gasteiger partial charge in [0.15, 0.2) is 0 Å². The second-order valence-corrected chi connectivity index (χ2v) is 4.29. The quantitative estimate of drug-likeness (QED) is 0.742. The van der Waals surface area contributed by atoms with Gasteiger partial charge in [-0.1, -0.05) is 23.9 Å². The van der Waals surface area contributed by atoms with Crippen molar-refractivity contribution < 1.29 is 4.79 Å². The van der Waals surface area contributed by atoms with E-state index < -0.39 is 0 Å². The van der Waals surface area contributed by atoms with Crippen LogP contribution in [0.1, 0.15) is 10.4 Å². The molecule has 2 aromatic rings. The molecule has 0 unspecified atom stereocenters. The zero-order valence-corrected chi connectivity index (χ0v) is 9.07. The number of benzene rings is 1. The summed E-state index contributed by atoms with van der Waals surface area (Å²) < 4.78 is 1.77. The van der Waals surface area contributed by atoms with E-state index in [1.165, 1.54) is 0 Å². The standard InChI is InChI=1S/C11H10N2OS/c1-13-7-11(6-12-13)15-10-4-2-9(8-14)3-5-10/h2-8H,1H3. The van der Waals surface area contributed by atoms with E-state index in [9.17, 15) is 4.79 Å². The van der Waals surface area contributed by atoms with E-state index in [2.05, 4.69) is 5.10 Å². The van der Waals surface area contributed by atoms with Gasteiger partial charge in [0.2, 0.25) is 0 Å². The lowest BCUT2D eigenvalue weighted by molar-refractivity contribution is 0.112. The fourth-order valence-corrected chi connectivity index (χ4v) is 2.05. The molecule has 15 heavy (non-hydrogen) atoms. The number of aryl methyl sites for hydroxylation is 1. The summed E-state index contributed by atoms with van der Waals surface area (Å²) in [6.45, 7) is 0. The highest BCUT2D eigenvalue weighted by molar-refractivity contribution is 7.99. The Balaban J connectivity index is 2.14. The van der Waals surface area contributed by atoms with Gasteiger partial charge in [0.1, 0.15) is 6.29 Å². The van der Waals surface area contributed by atoms with E-state index in [0.717, 1.165) is 16.1 Å². The van der Waals surface area contributed by atoms with Crippen molar-refractivity contribution in [2.24, 2.45) is 7.05 Å². The maximum Gasteiger partial charge on any atom is 0.150 e. The zero-order chi connectivity index (χ0) is 10.7. The van der Waals surface area contributed by atoms with Crippen molar-refractivity contribution >= 4 is 18.0 Å². The Morgan fingerprint density at radius 1 is 1.27 bits per heavy atom. The van der Waals surface area contributed by atoms with Crippen LogP contribution in [-0.4, -0.2) is 16.1 Å². The maximum absolute atomic E-state index is 10.5. The van der Waals surface area contributed by atoms with E-state index in [-0.39, 0.29) is 0 Å². The predicted octanol–water partition coefficient (Wildman–Crippen LogP) is 2.38. The van der Waals surface area contributed by atoms with E-state index in [4.69, 9.17) is 0 Å². The molecule has 1 aromatic carbocycles. The van der Waals surface area contributed by atoms with Crippen LogP contribution in [0.4, 0.5) is 0 Å². The Morgan fingerprint density at radius 2 is 2.00 bits per heavy atom. The average Bonchev–Trinajstić information content (AvgIpc) is 2.65. The monoisotopic (exact) mass is 218 g/mol. The molecule has 0 aliphatic rings. The Morgan fingerprint density at radius 3 is 2.53 bits per heavy atom. The number of hydrogen-bond donors (Lipinski definition) is 0. The lowest BCUT2D eigenvalue weighted by Crippen LogP contribution is -1.83. The molecule has 0 N–H and O–H groups in total. The summed E-state index contributed by atoms with van der Waals surface area (Å²) in [6.07, 6.45) is 4.62. The number of rotatable bonds is 3. The van der Waals surface area contributed by atoms with Gasteiger partial charge in [0.05, 0.1) is 11.1 Å². The van der Waals surface area contributed by atoms with Crippen molar-refractivity contribution in [1.29, 1.82) is 0 Å². The zero-order valence-electron chi connectivity index (χ0n) is 8.25. The summed E-state index contributed by atoms with van der Waals surface area (Å²) in [5.74, 6) is 0. The minimum absolute atomic E-state index is 0.700. The molecule has 0 spiro atoms. The number of aldehydes is 1. The first-order valence-electron chi connectivity index (χ1n) is 4.49. The molecule has 1 heterocycles. The molecule has 1 aromatic heterocycles. The van der Waals surface area contributed by atoms with Gasteiger partial charge in [-0.3, -0.25) is 9.48 Å². The van der Waals surface area contributed by atoms with E-state index >= 15 is 0 Å². The molecule has 4 heteroatoms. The lowest BCUT2D eigenvalue weighted by atomic mass is 10.2. The van der Waals surface area contributed by atoms with Crippen molar-refractivity contribution in [3.8, 4) is 0 Å². The summed E-state index contributed by atoms with van der Waals surface area (Å²) >= 11 is 1.63. The van der Waals surface area contributed by atoms with Crippen molar-refractivity contribution in [1.82, 2.24) is 9.78 Å². The van der Waals surface area contributed by atoms with Gasteiger partial charge in [-0.15, -0.1) is 0 Å². The van der Waals surface area contributed by atoms with Crippen LogP contribution >= 0.6 is 11.8 Å². The SMILES string of the molecule is Cn1cc(Sc2ccc(C=O)cc2)cn1. The van der Waals surface area contributed by atoms with Crippen molar-refractivity contribution in [3.05, 3.63) is 42.2 Å². The summed E-state index contributed by atoms with van der Waals surface area (Å²) in [6, 6.07) is 7.49. The van der Waals surface area contributed by atoms with Crippen LogP contribution in [0, 0.1) is 0 Å². The Hall–Kier alpha value is -1.55. The number of nitrogens with zero attached hydrogens (tertiary/aromatic N) is 2. The topological polar surface area (TPSA) is 34.9 Å². The van der Waals surface area contributed by atoms with Crippen LogP contribution < -0.4 is 0 Å². The summed E-state index contributed by atoms with van der Waals surface area (Å²) in [4.78, 5) is 12.7. The highest BCUT2D eigenvalue weighted by Gasteiger charge is 1.99. The molecule has 0 saturated carbocycles. The predicted molar refractivity (Wildman–Crippen MR) is 59.2 cm³/mol. The molecule has 0 saturated heterocycles. The highest BCUT2D eigenvalue weighted by Crippen LogP contribution is 2.26. The molecule has 0 atom stereocenters. The minimum atomic E-state index is 0.700. The van der Waals surface area contributed by atoms with Crippen molar-refractivity contribution in [2.45, 2.75) is 9.79 Å². The smallest absolute Gasteiger partial charge is 0.150 e. The van der Waals surface area contributed by atoms with Gasteiger partial charge >= 0.3 is 0 Å². The first kappa shape index (κ1) is 9.98. The van der Waals surface area contributed by atoms with Gasteiger partial charge in [-0.05, 0) is 12.1 Å². The Labute approximate surface area is 92.1 Å². The third kappa shape index (κ3) is 2.47. The molecule has 0 amide bonds. The van der Waals surface area contributed by atoms with Crippen LogP contribution in [0.5, 0.6) is 0 Å². The van der Waals surface area contributed by atoms with E-state index in [0.29, 0.717) is 5.56 Å². The van der Waals surface area contributed by atoms with Crippen LogP contribution in [-0.2, 0) is 7.05 Å². The molecule has 0 radical (unpaired) electrons. The fourth-order valence-electron chi connectivity index (χ4n) is 1.20. The first-order chi connectivity index (χ1) is 7.28. The van der Waals surface area contributed by atoms with E-state index in [1.54, 1.807) is 16.4 Å². The summed E-state index contributed by atoms with van der Waals surface area (Å²) in [5, 5.41) is 4.09. The van der Waals surface area contributed by atoms with Gasteiger partial charge < -0.3 is 0 Å². The number of carbonyl (C=O) groups excluding carboxylic acids is 1. The third-order valence-electron chi connectivity index (χ3n) is 1.93. The maximum atomic E-state index is 10.5. The molecule has 2 rings (SSSR count). The normalized spacial score (nSPS) is 10.2. The average molecular weight is 218 g/mol. The largest absolute Gasteiger partial charge is 0.298 e. The molecule has 0 bridgehead atoms. The molecular weight excluding hydrogens is 208 g/mol. The summed E-state index contributed by atoms with van der Waals surface area (Å²) in [7, 11) is 1.89. The third-order valence-corrected chi connectivity index (χ3v) is 2.89. The lowest BCUT2D eigenvalue weighted by Gasteiger charge is -1.97. The highest BCUT2D eigenvalue weighted by atomic mass is 32.2. The molecular formula is C11H10N2OS. The van der Waals surface area contributed by atoms with E-state index in [1.807, 2.05) is 43.7 Å². The van der Waals surface area contributed by atoms with Crippen molar-refractivity contribution in [2.75, 3.05) is 0 Å². The van der Waals surface area contributed by atoms with Gasteiger partial charge in [0, 0.05) is 23.7 Å². The number of aromatic nitrogens is 2. The second kappa shape index (κ2) is 4.31. The number of hydrogen-bond acceptors (Lipinski definition) is 3. The van der Waals surface area contributed by atoms with Gasteiger partial charge in [-0.25, -0.2) is 0 Å². The van der Waals surface area contributed by atoms with Crippen LogP contribution in [0.3, 0.4) is 0 Å². The van der Waals surface area contributed by atoms with Gasteiger partial charge in [0.25, 0.3) is 0 Å². The molecule has 0 aliphatic carbocycles. The van der Waals surface area contributed by atoms with Crippen molar-refractivity contribution in [3.63, 3.8) is 0 Å². The van der Waals surface area contributed by atoms with Crippen LogP contribution in [0.15, 0.2) is 46.5 Å². The fraction of sp³-hybridized carbons (Fsp3) is 0.0909. The second-order valence-electron chi connectivity index (χ2n) is 3.14. The Kier molecular flexibility index (Phi) is 2.87. The Bertz CT molecular complexity index is 462. The molecule has 0 fully saturated rings.